The highest BCUT2D eigenvalue weighted by Crippen LogP contribution is 2.25. The van der Waals surface area contributed by atoms with Crippen LogP contribution in [0, 0.1) is 0 Å². The smallest absolute Gasteiger partial charge is 0.264 e. The molecule has 0 saturated carbocycles. The fourth-order valence-corrected chi connectivity index (χ4v) is 4.74. The first-order valence-electron chi connectivity index (χ1n) is 9.92. The van der Waals surface area contributed by atoms with Gasteiger partial charge in [-0.2, -0.15) is 0 Å². The van der Waals surface area contributed by atoms with Gasteiger partial charge in [0.1, 0.15) is 13.1 Å². The van der Waals surface area contributed by atoms with Crippen molar-refractivity contribution in [2.75, 3.05) is 50.7 Å². The highest BCUT2D eigenvalue weighted by atomic mass is 35.5. The molecule has 0 bridgehead atoms. The minimum atomic E-state index is -3.82. The van der Waals surface area contributed by atoms with Crippen LogP contribution in [0.1, 0.15) is 16.8 Å². The molecule has 0 radical (unpaired) electrons. The maximum absolute atomic E-state index is 13.0. The average molecular weight is 453 g/mol. The number of nitrogens with zero attached hydrogens (tertiary/aromatic N) is 1. The molecule has 2 N–H and O–H groups in total. The summed E-state index contributed by atoms with van der Waals surface area (Å²) in [5.41, 5.74) is 0.761. The van der Waals surface area contributed by atoms with E-state index in [1.54, 1.807) is 36.4 Å². The molecule has 0 aromatic heterocycles. The van der Waals surface area contributed by atoms with Crippen LogP contribution in [0.15, 0.2) is 53.4 Å². The largest absolute Gasteiger partial charge is 0.370 e. The monoisotopic (exact) mass is 452 g/mol. The summed E-state index contributed by atoms with van der Waals surface area (Å²) >= 11 is 5.98. The lowest BCUT2D eigenvalue weighted by Gasteiger charge is -2.23. The van der Waals surface area contributed by atoms with E-state index in [2.05, 4.69) is 5.32 Å². The van der Waals surface area contributed by atoms with Crippen molar-refractivity contribution in [3.8, 4) is 0 Å². The first-order valence-corrected chi connectivity index (χ1v) is 11.7. The third-order valence-electron chi connectivity index (χ3n) is 5.12. The fraction of sp³-hybridized carbons (Fsp3) is 0.381. The fourth-order valence-electron chi connectivity index (χ4n) is 3.32. The van der Waals surface area contributed by atoms with Crippen molar-refractivity contribution in [1.82, 2.24) is 5.32 Å². The van der Waals surface area contributed by atoms with Gasteiger partial charge in [-0.25, -0.2) is 8.42 Å². The molecule has 9 heteroatoms. The van der Waals surface area contributed by atoms with Crippen LogP contribution in [-0.4, -0.2) is 60.8 Å². The number of morpholine rings is 1. The van der Waals surface area contributed by atoms with E-state index in [1.807, 2.05) is 0 Å². The Morgan fingerprint density at radius 2 is 1.90 bits per heavy atom. The van der Waals surface area contributed by atoms with Crippen LogP contribution in [0.3, 0.4) is 0 Å². The van der Waals surface area contributed by atoms with Crippen LogP contribution in [0.2, 0.25) is 5.02 Å². The lowest BCUT2D eigenvalue weighted by atomic mass is 10.2. The number of anilines is 1. The number of nitrogens with one attached hydrogen (secondary N) is 2. The molecule has 0 unspecified atom stereocenters. The van der Waals surface area contributed by atoms with Crippen molar-refractivity contribution < 1.29 is 22.8 Å². The molecule has 162 valence electrons. The number of hydrogen-bond acceptors (Lipinski definition) is 4. The van der Waals surface area contributed by atoms with Crippen molar-refractivity contribution in [1.29, 1.82) is 0 Å². The van der Waals surface area contributed by atoms with Crippen LogP contribution in [0.4, 0.5) is 5.69 Å². The molecule has 3 rings (SSSR count). The molecule has 1 aliphatic heterocycles. The zero-order chi connectivity index (χ0) is 21.6. The summed E-state index contributed by atoms with van der Waals surface area (Å²) in [4.78, 5) is 14.0. The molecule has 7 nitrogen and oxygen atoms in total. The minimum Gasteiger partial charge on any atom is -0.370 e. The highest BCUT2D eigenvalue weighted by Gasteiger charge is 2.22. The van der Waals surface area contributed by atoms with Gasteiger partial charge in [-0.1, -0.05) is 23.7 Å². The highest BCUT2D eigenvalue weighted by molar-refractivity contribution is 7.92. The summed E-state index contributed by atoms with van der Waals surface area (Å²) in [5.74, 6) is -0.283. The van der Waals surface area contributed by atoms with E-state index >= 15 is 0 Å². The molecular weight excluding hydrogens is 426 g/mol. The number of carbonyl (C=O) groups excluding carboxylic acids is 1. The Bertz CT molecular complexity index is 978. The van der Waals surface area contributed by atoms with Crippen LogP contribution < -0.4 is 14.5 Å². The topological polar surface area (TPSA) is 80.2 Å². The van der Waals surface area contributed by atoms with Gasteiger partial charge in [0.2, 0.25) is 0 Å². The third-order valence-corrected chi connectivity index (χ3v) is 7.14. The maximum atomic E-state index is 13.0. The van der Waals surface area contributed by atoms with Gasteiger partial charge in [0.05, 0.1) is 30.3 Å². The summed E-state index contributed by atoms with van der Waals surface area (Å²) in [6.45, 7) is 5.08. The molecular formula is C21H27ClN3O4S+. The van der Waals surface area contributed by atoms with Crippen LogP contribution >= 0.6 is 11.6 Å². The van der Waals surface area contributed by atoms with Crippen molar-refractivity contribution >= 4 is 33.2 Å². The summed E-state index contributed by atoms with van der Waals surface area (Å²) in [5, 5.41) is 3.32. The van der Waals surface area contributed by atoms with Crippen LogP contribution in [-0.2, 0) is 14.8 Å². The van der Waals surface area contributed by atoms with E-state index in [0.29, 0.717) is 22.8 Å². The van der Waals surface area contributed by atoms with Crippen molar-refractivity contribution in [2.45, 2.75) is 11.3 Å². The van der Waals surface area contributed by atoms with Crippen LogP contribution in [0.25, 0.3) is 0 Å². The molecule has 1 heterocycles. The molecule has 2 aromatic rings. The quantitative estimate of drug-likeness (QED) is 0.590. The number of amides is 1. The zero-order valence-corrected chi connectivity index (χ0v) is 18.5. The first kappa shape index (κ1) is 22.6. The second kappa shape index (κ2) is 10.3. The second-order valence-electron chi connectivity index (χ2n) is 7.20. The first-order chi connectivity index (χ1) is 14.4. The number of sulfonamides is 1. The molecule has 2 aromatic carbocycles. The molecule has 1 fully saturated rings. The van der Waals surface area contributed by atoms with E-state index in [0.717, 1.165) is 43.6 Å². The van der Waals surface area contributed by atoms with E-state index in [4.69, 9.17) is 16.3 Å². The molecule has 30 heavy (non-hydrogen) atoms. The van der Waals surface area contributed by atoms with E-state index in [-0.39, 0.29) is 10.8 Å². The Labute approximate surface area is 182 Å². The lowest BCUT2D eigenvalue weighted by molar-refractivity contribution is -0.908. The molecule has 0 atom stereocenters. The summed E-state index contributed by atoms with van der Waals surface area (Å²) in [6, 6.07) is 12.7. The van der Waals surface area contributed by atoms with Crippen molar-refractivity contribution in [3.63, 3.8) is 0 Å². The van der Waals surface area contributed by atoms with Crippen LogP contribution in [0.5, 0.6) is 0 Å². The summed E-state index contributed by atoms with van der Waals surface area (Å²) in [7, 11) is -2.36. The lowest BCUT2D eigenvalue weighted by Crippen LogP contribution is -3.14. The number of halogens is 1. The molecule has 1 amide bonds. The number of quaternary nitrogens is 1. The Kier molecular flexibility index (Phi) is 7.71. The standard InChI is InChI=1S/C21H26ClN3O4S/c1-24(19-7-3-6-18(22)16-19)30(27,28)20-8-2-5-17(15-20)21(26)23-9-4-10-25-11-13-29-14-12-25/h2-3,5-8,15-16H,4,9-14H2,1H3,(H,23,26)/p+1. The number of rotatable bonds is 8. The Hall–Kier alpha value is -2.13. The molecule has 0 aliphatic carbocycles. The average Bonchev–Trinajstić information content (AvgIpc) is 2.77. The third kappa shape index (κ3) is 5.72. The molecule has 1 saturated heterocycles. The number of carbonyl (C=O) groups is 1. The zero-order valence-electron chi connectivity index (χ0n) is 16.9. The maximum Gasteiger partial charge on any atom is 0.264 e. The number of ether oxygens (including phenoxy) is 1. The Morgan fingerprint density at radius 3 is 2.63 bits per heavy atom. The number of benzene rings is 2. The predicted octanol–water partition coefficient (Wildman–Crippen LogP) is 1.20. The summed E-state index contributed by atoms with van der Waals surface area (Å²) in [6.07, 6.45) is 0.858. The molecule has 1 aliphatic rings. The second-order valence-corrected chi connectivity index (χ2v) is 9.61. The van der Waals surface area contributed by atoms with Gasteiger partial charge in [-0.15, -0.1) is 0 Å². The van der Waals surface area contributed by atoms with Gasteiger partial charge in [-0.3, -0.25) is 9.10 Å². The predicted molar refractivity (Wildman–Crippen MR) is 117 cm³/mol. The van der Waals surface area contributed by atoms with E-state index < -0.39 is 10.0 Å². The van der Waals surface area contributed by atoms with Gasteiger partial charge in [-0.05, 0) is 36.4 Å². The van der Waals surface area contributed by atoms with Gasteiger partial charge in [0.25, 0.3) is 15.9 Å². The van der Waals surface area contributed by atoms with Gasteiger partial charge >= 0.3 is 0 Å². The summed E-state index contributed by atoms with van der Waals surface area (Å²) < 4.78 is 32.5. The van der Waals surface area contributed by atoms with Gasteiger partial charge < -0.3 is 15.0 Å². The molecule has 0 spiro atoms. The Balaban J connectivity index is 1.62. The van der Waals surface area contributed by atoms with E-state index in [1.165, 1.54) is 24.1 Å². The van der Waals surface area contributed by atoms with E-state index in [9.17, 15) is 13.2 Å². The van der Waals surface area contributed by atoms with Gasteiger partial charge in [0, 0.05) is 30.6 Å². The van der Waals surface area contributed by atoms with Gasteiger partial charge in [0.15, 0.2) is 0 Å². The normalized spacial score (nSPS) is 15.0. The van der Waals surface area contributed by atoms with Crippen molar-refractivity contribution in [3.05, 3.63) is 59.1 Å². The van der Waals surface area contributed by atoms with Crippen molar-refractivity contribution in [2.24, 2.45) is 0 Å². The Morgan fingerprint density at radius 1 is 1.17 bits per heavy atom. The number of hydrogen-bond donors (Lipinski definition) is 2. The SMILES string of the molecule is CN(c1cccc(Cl)c1)S(=O)(=O)c1cccc(C(=O)NCCC[NH+]2CCOCC2)c1. The minimum absolute atomic E-state index is 0.0513.